The number of ether oxygens (including phenoxy) is 4. The topological polar surface area (TPSA) is 301 Å². The molecule has 68 heavy (non-hydrogen) atoms. The Bertz CT molecular complexity index is 3690. The molecule has 2 aliphatic rings. The van der Waals surface area contributed by atoms with Crippen molar-refractivity contribution in [3.63, 3.8) is 0 Å². The summed E-state index contributed by atoms with van der Waals surface area (Å²) in [5.74, 6) is 2.76. The largest absolute Gasteiger partial charge is 0.436 e. The van der Waals surface area contributed by atoms with Gasteiger partial charge in [-0.25, -0.2) is 69.8 Å². The molecule has 2 aliphatic heterocycles. The van der Waals surface area contributed by atoms with Gasteiger partial charge in [0.05, 0.1) is 49.6 Å². The second-order valence-corrected chi connectivity index (χ2v) is 14.4. The van der Waals surface area contributed by atoms with Crippen molar-refractivity contribution in [3.8, 4) is 92.6 Å². The van der Waals surface area contributed by atoms with E-state index >= 15 is 0 Å². The van der Waals surface area contributed by atoms with Crippen molar-refractivity contribution in [2.24, 2.45) is 0 Å². The van der Waals surface area contributed by atoms with Gasteiger partial charge in [0.15, 0.2) is 45.9 Å². The van der Waals surface area contributed by atoms with Crippen molar-refractivity contribution < 1.29 is 18.9 Å². The molecule has 13 heterocycles. The minimum absolute atomic E-state index is 0.0980. The first-order valence-electron chi connectivity index (χ1n) is 20.2. The third kappa shape index (κ3) is 6.99. The minimum atomic E-state index is 0.0980. The van der Waals surface area contributed by atoms with Gasteiger partial charge in [0.1, 0.15) is 67.8 Å². The van der Waals surface area contributed by atoms with Crippen molar-refractivity contribution in [3.05, 3.63) is 123 Å². The average Bonchev–Trinajstić information content (AvgIpc) is 4.10. The highest BCUT2D eigenvalue weighted by Crippen LogP contribution is 2.36. The zero-order valence-electron chi connectivity index (χ0n) is 34.2. The van der Waals surface area contributed by atoms with Crippen LogP contribution in [0.4, 0.5) is 0 Å². The van der Waals surface area contributed by atoms with Crippen LogP contribution in [0.3, 0.4) is 0 Å². The van der Waals surface area contributed by atoms with Gasteiger partial charge in [-0.3, -0.25) is 19.9 Å². The third-order valence-corrected chi connectivity index (χ3v) is 9.94. The van der Waals surface area contributed by atoms with Gasteiger partial charge in [-0.05, 0) is 48.5 Å². The van der Waals surface area contributed by atoms with E-state index in [0.717, 1.165) is 0 Å². The van der Waals surface area contributed by atoms with Crippen LogP contribution in [-0.2, 0) is 0 Å². The van der Waals surface area contributed by atoms with Crippen molar-refractivity contribution in [2.75, 3.05) is 0 Å². The average molecular weight is 895 g/mol. The molecule has 0 aromatic carbocycles. The van der Waals surface area contributed by atoms with Gasteiger partial charge >= 0.3 is 0 Å². The smallest absolute Gasteiger partial charge is 0.238 e. The van der Waals surface area contributed by atoms with E-state index in [1.807, 2.05) is 0 Å². The van der Waals surface area contributed by atoms with Gasteiger partial charge < -0.3 is 28.9 Å². The van der Waals surface area contributed by atoms with Crippen LogP contribution in [0.1, 0.15) is 0 Å². The summed E-state index contributed by atoms with van der Waals surface area (Å²) in [5, 5.41) is 0. The van der Waals surface area contributed by atoms with E-state index < -0.39 is 0 Å². The van der Waals surface area contributed by atoms with E-state index in [2.05, 4.69) is 29.9 Å². The molecular formula is C44H22N20O4. The maximum atomic E-state index is 6.04. The standard InChI is InChI=1S/C44H22N20O4/c1-5-21(13-45-9-1)65-25-17-49-29-33(53-25)41-57-37(29)62-42-35-31(51-19-27(55-35)67-23-7-3-11-47-15-23)39(59-42)64-44-36-32(52-20-28(56-36)68-24-8-4-12-48-16-24)40(60-44)63-43-34-30(38(58-43)61-41)50-18-26(54-34)66-22-6-2-10-46-14-22/h1-20H,(H2,57,58,59,60,61,62,63,64). The molecule has 0 amide bonds. The molecule has 8 bridgehead atoms. The number of pyridine rings is 4. The molecule has 0 atom stereocenters. The zero-order chi connectivity index (χ0) is 45.0. The molecule has 2 N–H and O–H groups in total. The second kappa shape index (κ2) is 15.6. The Labute approximate surface area is 377 Å². The molecule has 11 aromatic rings. The lowest BCUT2D eigenvalue weighted by Gasteiger charge is -2.05. The lowest BCUT2D eigenvalue weighted by molar-refractivity contribution is 0.458. The summed E-state index contributed by atoms with van der Waals surface area (Å²) in [6.07, 6.45) is 18.5. The number of fused-ring (bicyclic) bond motifs is 20. The number of aromatic nitrogens is 20. The lowest BCUT2D eigenvalue weighted by Crippen LogP contribution is -1.95. The van der Waals surface area contributed by atoms with Gasteiger partial charge in [-0.1, -0.05) is 0 Å². The van der Waals surface area contributed by atoms with Crippen LogP contribution in [0.25, 0.3) is 90.7 Å². The Morgan fingerprint density at radius 1 is 0.294 bits per heavy atom. The zero-order valence-corrected chi connectivity index (χ0v) is 34.2. The highest BCUT2D eigenvalue weighted by molar-refractivity contribution is 6.01. The van der Waals surface area contributed by atoms with Crippen molar-refractivity contribution in [1.82, 2.24) is 99.7 Å². The predicted molar refractivity (Wildman–Crippen MR) is 236 cm³/mol. The first-order chi connectivity index (χ1) is 33.6. The van der Waals surface area contributed by atoms with Crippen LogP contribution in [0.2, 0.25) is 0 Å². The third-order valence-electron chi connectivity index (χ3n) is 9.94. The summed E-state index contributed by atoms with van der Waals surface area (Å²) in [6, 6.07) is 13.9. The summed E-state index contributed by atoms with van der Waals surface area (Å²) in [7, 11) is 0. The van der Waals surface area contributed by atoms with E-state index in [4.69, 9.17) is 88.7 Å². The summed E-state index contributed by atoms with van der Waals surface area (Å²) >= 11 is 0. The predicted octanol–water partition coefficient (Wildman–Crippen LogP) is 6.78. The number of nitrogens with zero attached hydrogens (tertiary/aromatic N) is 18. The Balaban J connectivity index is 1.08. The number of hydrogen-bond acceptors (Lipinski definition) is 22. The summed E-state index contributed by atoms with van der Waals surface area (Å²) in [4.78, 5) is 90.7. The molecule has 0 saturated carbocycles. The number of H-pyrrole nitrogens is 2. The normalized spacial score (nSPS) is 11.5. The van der Waals surface area contributed by atoms with Crippen molar-refractivity contribution in [1.29, 1.82) is 0 Å². The molecule has 322 valence electrons. The fraction of sp³-hybridized carbons (Fsp3) is 0. The second-order valence-electron chi connectivity index (χ2n) is 14.4. The molecule has 0 fully saturated rings. The molecule has 24 heteroatoms. The van der Waals surface area contributed by atoms with Crippen molar-refractivity contribution in [2.45, 2.75) is 0 Å². The molecule has 0 unspecified atom stereocenters. The van der Waals surface area contributed by atoms with Crippen LogP contribution >= 0.6 is 0 Å². The Hall–Kier alpha value is -10.5. The quantitative estimate of drug-likeness (QED) is 0.159. The summed E-state index contributed by atoms with van der Waals surface area (Å²) in [6.45, 7) is 0. The monoisotopic (exact) mass is 894 g/mol. The van der Waals surface area contributed by atoms with Crippen LogP contribution < -0.4 is 18.9 Å². The lowest BCUT2D eigenvalue weighted by atomic mass is 10.3. The first-order valence-corrected chi connectivity index (χ1v) is 20.2. The minimum Gasteiger partial charge on any atom is -0.436 e. The van der Waals surface area contributed by atoms with Crippen LogP contribution in [-0.4, -0.2) is 99.7 Å². The van der Waals surface area contributed by atoms with Gasteiger partial charge in [-0.2, -0.15) is 0 Å². The fourth-order valence-corrected chi connectivity index (χ4v) is 7.05. The summed E-state index contributed by atoms with van der Waals surface area (Å²) < 4.78 is 24.1. The molecule has 11 aromatic heterocycles. The molecule has 13 rings (SSSR count). The maximum Gasteiger partial charge on any atom is 0.238 e. The van der Waals surface area contributed by atoms with Gasteiger partial charge in [0.25, 0.3) is 0 Å². The Kier molecular flexibility index (Phi) is 8.73. The Morgan fingerprint density at radius 3 is 0.971 bits per heavy atom. The van der Waals surface area contributed by atoms with Gasteiger partial charge in [0, 0.05) is 24.8 Å². The van der Waals surface area contributed by atoms with E-state index in [0.29, 0.717) is 34.0 Å². The number of hydrogen-bond donors (Lipinski definition) is 2. The van der Waals surface area contributed by atoms with Crippen LogP contribution in [0.15, 0.2) is 123 Å². The molecule has 0 spiro atoms. The van der Waals surface area contributed by atoms with Gasteiger partial charge in [-0.15, -0.1) is 0 Å². The molecule has 24 nitrogen and oxygen atoms in total. The number of rotatable bonds is 8. The summed E-state index contributed by atoms with van der Waals surface area (Å²) in [5.41, 5.74) is 2.91. The van der Waals surface area contributed by atoms with E-state index in [1.54, 1.807) is 98.1 Å². The van der Waals surface area contributed by atoms with Gasteiger partial charge in [0.2, 0.25) is 23.5 Å². The van der Waals surface area contributed by atoms with E-state index in [9.17, 15) is 0 Å². The number of aromatic amines is 2. The number of nitrogens with one attached hydrogen (secondary N) is 2. The molecule has 0 saturated heterocycles. The van der Waals surface area contributed by atoms with E-state index in [1.165, 1.54) is 24.8 Å². The van der Waals surface area contributed by atoms with Crippen molar-refractivity contribution >= 4 is 44.7 Å². The Morgan fingerprint density at radius 2 is 0.618 bits per heavy atom. The van der Waals surface area contributed by atoms with Crippen LogP contribution in [0, 0.1) is 0 Å². The molecule has 0 radical (unpaired) electrons. The highest BCUT2D eigenvalue weighted by Gasteiger charge is 2.28. The molecule has 0 aliphatic carbocycles. The maximum absolute atomic E-state index is 6.04. The van der Waals surface area contributed by atoms with Crippen LogP contribution in [0.5, 0.6) is 46.5 Å². The fourth-order valence-electron chi connectivity index (χ4n) is 7.05. The molecular weight excluding hydrogens is 873 g/mol. The SMILES string of the molecule is c1cncc(Oc2cnc3c(n2)-c2nc-3nc3[nH]c(nc4nc(nc5[nH]c(n2)c2ncc(Oc6cccnc6)nc52)-c2ncc(Oc5cccnc5)nc2-4)c2ncc(Oc4cccnc4)nc32)c1. The first kappa shape index (κ1) is 38.0. The van der Waals surface area contributed by atoms with E-state index in [-0.39, 0.29) is 103 Å². The highest BCUT2D eigenvalue weighted by atomic mass is 16.5.